The SMILES string of the molecule is Cc1nc2c(OCC3CCCCC3)cccn2c1C(=O)NCCO. The molecule has 2 heterocycles. The largest absolute Gasteiger partial charge is 0.489 e. The zero-order valence-corrected chi connectivity index (χ0v) is 14.1. The van der Waals surface area contributed by atoms with Crippen molar-refractivity contribution < 1.29 is 14.6 Å². The molecule has 0 aliphatic heterocycles. The quantitative estimate of drug-likeness (QED) is 0.852. The van der Waals surface area contributed by atoms with Crippen molar-refractivity contribution in [2.45, 2.75) is 39.0 Å². The van der Waals surface area contributed by atoms with Gasteiger partial charge in [0.05, 0.1) is 18.9 Å². The Hall–Kier alpha value is -2.08. The Morgan fingerprint density at radius 1 is 1.42 bits per heavy atom. The molecule has 0 spiro atoms. The number of hydrogen-bond acceptors (Lipinski definition) is 4. The molecule has 2 N–H and O–H groups in total. The number of fused-ring (bicyclic) bond motifs is 1. The van der Waals surface area contributed by atoms with Crippen molar-refractivity contribution in [3.63, 3.8) is 0 Å². The van der Waals surface area contributed by atoms with Gasteiger partial charge in [-0.1, -0.05) is 19.3 Å². The summed E-state index contributed by atoms with van der Waals surface area (Å²) >= 11 is 0. The molecule has 1 aliphatic rings. The van der Waals surface area contributed by atoms with Crippen molar-refractivity contribution in [1.29, 1.82) is 0 Å². The predicted molar refractivity (Wildman–Crippen MR) is 91.4 cm³/mol. The number of aryl methyl sites for hydroxylation is 1. The molecule has 0 saturated heterocycles. The summed E-state index contributed by atoms with van der Waals surface area (Å²) in [5.41, 5.74) is 1.81. The fraction of sp³-hybridized carbons (Fsp3) is 0.556. The van der Waals surface area contributed by atoms with E-state index in [9.17, 15) is 4.79 Å². The summed E-state index contributed by atoms with van der Waals surface area (Å²) in [6, 6.07) is 3.77. The first kappa shape index (κ1) is 16.8. The van der Waals surface area contributed by atoms with E-state index < -0.39 is 0 Å². The third-order valence-electron chi connectivity index (χ3n) is 4.60. The lowest BCUT2D eigenvalue weighted by atomic mass is 9.90. The normalized spacial score (nSPS) is 15.6. The van der Waals surface area contributed by atoms with Gasteiger partial charge in [-0.25, -0.2) is 4.98 Å². The zero-order valence-electron chi connectivity index (χ0n) is 14.1. The van der Waals surface area contributed by atoms with E-state index in [2.05, 4.69) is 10.3 Å². The van der Waals surface area contributed by atoms with Crippen LogP contribution in [0.4, 0.5) is 0 Å². The van der Waals surface area contributed by atoms with Gasteiger partial charge >= 0.3 is 0 Å². The average Bonchev–Trinajstić information content (AvgIpc) is 2.95. The Bertz CT molecular complexity index is 705. The van der Waals surface area contributed by atoms with Gasteiger partial charge in [-0.3, -0.25) is 9.20 Å². The standard InChI is InChI=1S/C18H25N3O3/c1-13-16(18(23)19-9-11-22)21-10-5-8-15(17(21)20-13)24-12-14-6-3-2-4-7-14/h5,8,10,14,22H,2-4,6-7,9,11-12H2,1H3,(H,19,23). The van der Waals surface area contributed by atoms with Gasteiger partial charge in [0.25, 0.3) is 5.91 Å². The molecular formula is C18H25N3O3. The number of pyridine rings is 1. The third-order valence-corrected chi connectivity index (χ3v) is 4.60. The number of rotatable bonds is 6. The molecule has 0 aromatic carbocycles. The van der Waals surface area contributed by atoms with Crippen molar-refractivity contribution in [2.24, 2.45) is 5.92 Å². The van der Waals surface area contributed by atoms with Crippen molar-refractivity contribution in [3.8, 4) is 5.75 Å². The fourth-order valence-electron chi connectivity index (χ4n) is 3.36. The highest BCUT2D eigenvalue weighted by Gasteiger charge is 2.19. The molecule has 0 radical (unpaired) electrons. The molecule has 0 bridgehead atoms. The lowest BCUT2D eigenvalue weighted by molar-refractivity contribution is 0.0938. The summed E-state index contributed by atoms with van der Waals surface area (Å²) in [6.07, 6.45) is 8.18. The number of hydrogen-bond donors (Lipinski definition) is 2. The van der Waals surface area contributed by atoms with Crippen LogP contribution in [0.25, 0.3) is 5.65 Å². The van der Waals surface area contributed by atoms with E-state index in [1.54, 1.807) is 4.40 Å². The van der Waals surface area contributed by atoms with Crippen molar-refractivity contribution >= 4 is 11.6 Å². The van der Waals surface area contributed by atoms with Crippen LogP contribution in [0.3, 0.4) is 0 Å². The highest BCUT2D eigenvalue weighted by atomic mass is 16.5. The summed E-state index contributed by atoms with van der Waals surface area (Å²) in [5, 5.41) is 11.6. The van der Waals surface area contributed by atoms with Gasteiger partial charge in [-0.05, 0) is 37.8 Å². The van der Waals surface area contributed by atoms with Gasteiger partial charge in [0.2, 0.25) is 0 Å². The Kier molecular flexibility index (Phi) is 5.35. The van der Waals surface area contributed by atoms with Crippen LogP contribution in [0.15, 0.2) is 18.3 Å². The van der Waals surface area contributed by atoms with E-state index in [0.29, 0.717) is 35.3 Å². The van der Waals surface area contributed by atoms with Crippen LogP contribution in [0.1, 0.15) is 48.3 Å². The molecule has 1 amide bonds. The van der Waals surface area contributed by atoms with Crippen molar-refractivity contribution in [2.75, 3.05) is 19.8 Å². The van der Waals surface area contributed by atoms with Crippen LogP contribution in [-0.2, 0) is 0 Å². The minimum absolute atomic E-state index is 0.0860. The molecule has 0 unspecified atom stereocenters. The predicted octanol–water partition coefficient (Wildman–Crippen LogP) is 2.32. The summed E-state index contributed by atoms with van der Waals surface area (Å²) in [7, 11) is 0. The number of aliphatic hydroxyl groups is 1. The number of carbonyl (C=O) groups excluding carboxylic acids is 1. The molecule has 3 rings (SSSR count). The van der Waals surface area contributed by atoms with E-state index in [1.807, 2.05) is 25.3 Å². The van der Waals surface area contributed by atoms with Crippen LogP contribution < -0.4 is 10.1 Å². The fourth-order valence-corrected chi connectivity index (χ4v) is 3.36. The molecule has 6 heteroatoms. The maximum absolute atomic E-state index is 12.3. The molecular weight excluding hydrogens is 306 g/mol. The van der Waals surface area contributed by atoms with E-state index in [0.717, 1.165) is 0 Å². The summed E-state index contributed by atoms with van der Waals surface area (Å²) in [4.78, 5) is 16.8. The number of amides is 1. The Morgan fingerprint density at radius 2 is 2.21 bits per heavy atom. The van der Waals surface area contributed by atoms with Crippen LogP contribution in [0.5, 0.6) is 5.75 Å². The van der Waals surface area contributed by atoms with Crippen molar-refractivity contribution in [3.05, 3.63) is 29.7 Å². The number of aromatic nitrogens is 2. The highest BCUT2D eigenvalue weighted by molar-refractivity contribution is 5.94. The maximum atomic E-state index is 12.3. The molecule has 0 atom stereocenters. The Morgan fingerprint density at radius 3 is 2.96 bits per heavy atom. The van der Waals surface area contributed by atoms with Crippen LogP contribution in [-0.4, -0.2) is 40.2 Å². The second kappa shape index (κ2) is 7.66. The number of imidazole rings is 1. The average molecular weight is 331 g/mol. The Balaban J connectivity index is 1.81. The van der Waals surface area contributed by atoms with E-state index >= 15 is 0 Å². The summed E-state index contributed by atoms with van der Waals surface area (Å²) in [5.74, 6) is 1.09. The zero-order chi connectivity index (χ0) is 16.9. The number of carbonyl (C=O) groups is 1. The van der Waals surface area contributed by atoms with Gasteiger partial charge < -0.3 is 15.2 Å². The molecule has 2 aromatic heterocycles. The first-order valence-corrected chi connectivity index (χ1v) is 8.70. The minimum atomic E-state index is -0.238. The summed E-state index contributed by atoms with van der Waals surface area (Å²) < 4.78 is 7.80. The van der Waals surface area contributed by atoms with E-state index in [4.69, 9.17) is 9.84 Å². The van der Waals surface area contributed by atoms with E-state index in [1.165, 1.54) is 32.1 Å². The Labute approximate surface area is 141 Å². The molecule has 6 nitrogen and oxygen atoms in total. The lowest BCUT2D eigenvalue weighted by Crippen LogP contribution is -2.28. The molecule has 1 fully saturated rings. The van der Waals surface area contributed by atoms with Gasteiger partial charge in [0.1, 0.15) is 5.69 Å². The second-order valence-corrected chi connectivity index (χ2v) is 6.41. The van der Waals surface area contributed by atoms with Crippen LogP contribution >= 0.6 is 0 Å². The molecule has 1 saturated carbocycles. The lowest BCUT2D eigenvalue weighted by Gasteiger charge is -2.21. The van der Waals surface area contributed by atoms with Crippen LogP contribution in [0.2, 0.25) is 0 Å². The first-order valence-electron chi connectivity index (χ1n) is 8.70. The molecule has 1 aliphatic carbocycles. The monoisotopic (exact) mass is 331 g/mol. The van der Waals surface area contributed by atoms with Gasteiger partial charge in [-0.2, -0.15) is 0 Å². The molecule has 24 heavy (non-hydrogen) atoms. The van der Waals surface area contributed by atoms with Gasteiger partial charge in [-0.15, -0.1) is 0 Å². The molecule has 2 aromatic rings. The minimum Gasteiger partial charge on any atom is -0.489 e. The summed E-state index contributed by atoms with van der Waals surface area (Å²) in [6.45, 7) is 2.66. The number of ether oxygens (including phenoxy) is 1. The van der Waals surface area contributed by atoms with Gasteiger partial charge in [0, 0.05) is 12.7 Å². The number of nitrogens with zero attached hydrogens (tertiary/aromatic N) is 2. The second-order valence-electron chi connectivity index (χ2n) is 6.41. The van der Waals surface area contributed by atoms with E-state index in [-0.39, 0.29) is 19.1 Å². The smallest absolute Gasteiger partial charge is 0.270 e. The van der Waals surface area contributed by atoms with Crippen LogP contribution in [0, 0.1) is 12.8 Å². The highest BCUT2D eigenvalue weighted by Crippen LogP contribution is 2.27. The first-order chi connectivity index (χ1) is 11.7. The van der Waals surface area contributed by atoms with Crippen molar-refractivity contribution in [1.82, 2.24) is 14.7 Å². The number of nitrogens with one attached hydrogen (secondary N) is 1. The van der Waals surface area contributed by atoms with Gasteiger partial charge in [0.15, 0.2) is 11.4 Å². The topological polar surface area (TPSA) is 75.9 Å². The number of aliphatic hydroxyl groups excluding tert-OH is 1. The third kappa shape index (κ3) is 3.53. The molecule has 130 valence electrons. The maximum Gasteiger partial charge on any atom is 0.270 e.